The van der Waals surface area contributed by atoms with E-state index in [1.165, 1.54) is 22.1 Å². The summed E-state index contributed by atoms with van der Waals surface area (Å²) < 4.78 is 1.51. The summed E-state index contributed by atoms with van der Waals surface area (Å²) in [5, 5.41) is 3.66. The van der Waals surface area contributed by atoms with Gasteiger partial charge in [0.1, 0.15) is 0 Å². The smallest absolute Gasteiger partial charge is 0.261 e. The fourth-order valence-electron chi connectivity index (χ4n) is 4.34. The molecule has 1 aliphatic heterocycles. The molecule has 3 aromatic rings. The number of rotatable bonds is 8. The Hall–Kier alpha value is -3.19. The molecule has 0 aliphatic carbocycles. The van der Waals surface area contributed by atoms with Crippen molar-refractivity contribution < 1.29 is 4.79 Å². The quantitative estimate of drug-likeness (QED) is 0.575. The fraction of sp³-hybridized carbons (Fsp3) is 0.423. The molecule has 0 bridgehead atoms. The van der Waals surface area contributed by atoms with Gasteiger partial charge in [0.05, 0.1) is 17.2 Å². The van der Waals surface area contributed by atoms with E-state index in [2.05, 4.69) is 51.3 Å². The zero-order valence-corrected chi connectivity index (χ0v) is 19.5. The second-order valence-corrected chi connectivity index (χ2v) is 8.94. The van der Waals surface area contributed by atoms with Crippen LogP contribution >= 0.6 is 0 Å². The lowest BCUT2D eigenvalue weighted by molar-refractivity contribution is -0.122. The highest BCUT2D eigenvalue weighted by Gasteiger charge is 2.18. The number of fused-ring (bicyclic) bond motifs is 1. The summed E-state index contributed by atoms with van der Waals surface area (Å²) in [6, 6.07) is 16.0. The van der Waals surface area contributed by atoms with Crippen LogP contribution in [0.5, 0.6) is 0 Å². The first-order valence-electron chi connectivity index (χ1n) is 11.8. The topological polar surface area (TPSA) is 70.5 Å². The van der Waals surface area contributed by atoms with E-state index in [-0.39, 0.29) is 23.9 Å². The van der Waals surface area contributed by atoms with Gasteiger partial charge in [0, 0.05) is 57.4 Å². The summed E-state index contributed by atoms with van der Waals surface area (Å²) in [6.45, 7) is 9.60. The summed E-state index contributed by atoms with van der Waals surface area (Å²) in [5.41, 5.74) is 3.17. The van der Waals surface area contributed by atoms with Gasteiger partial charge in [0.15, 0.2) is 0 Å². The lowest BCUT2D eigenvalue weighted by atomic mass is 10.1. The number of hydrogen-bond acceptors (Lipinski definition) is 5. The molecule has 2 aromatic carbocycles. The summed E-state index contributed by atoms with van der Waals surface area (Å²) >= 11 is 0. The molecular weight excluding hydrogens is 414 g/mol. The van der Waals surface area contributed by atoms with Gasteiger partial charge in [-0.3, -0.25) is 19.1 Å². The van der Waals surface area contributed by atoms with Crippen LogP contribution in [-0.4, -0.2) is 59.1 Å². The predicted molar refractivity (Wildman–Crippen MR) is 133 cm³/mol. The van der Waals surface area contributed by atoms with Crippen LogP contribution in [0.15, 0.2) is 59.7 Å². The second kappa shape index (κ2) is 10.6. The lowest BCUT2D eigenvalue weighted by Gasteiger charge is -2.36. The van der Waals surface area contributed by atoms with E-state index in [9.17, 15) is 9.59 Å². The first-order valence-corrected chi connectivity index (χ1v) is 11.8. The van der Waals surface area contributed by atoms with Crippen LogP contribution in [0.1, 0.15) is 25.3 Å². The van der Waals surface area contributed by atoms with Crippen molar-refractivity contribution in [2.24, 2.45) is 0 Å². The van der Waals surface area contributed by atoms with Crippen molar-refractivity contribution in [1.82, 2.24) is 19.8 Å². The molecule has 1 aliphatic rings. The molecule has 1 aromatic heterocycles. The Morgan fingerprint density at radius 2 is 1.85 bits per heavy atom. The summed E-state index contributed by atoms with van der Waals surface area (Å²) in [4.78, 5) is 34.2. The number of benzene rings is 2. The molecule has 0 spiro atoms. The third kappa shape index (κ3) is 5.99. The Bertz CT molecular complexity index is 1150. The van der Waals surface area contributed by atoms with E-state index in [4.69, 9.17) is 0 Å². The highest BCUT2D eigenvalue weighted by molar-refractivity contribution is 5.77. The van der Waals surface area contributed by atoms with E-state index in [0.29, 0.717) is 17.4 Å². The first kappa shape index (κ1) is 23.0. The molecule has 33 heavy (non-hydrogen) atoms. The van der Waals surface area contributed by atoms with E-state index in [0.717, 1.165) is 39.1 Å². The summed E-state index contributed by atoms with van der Waals surface area (Å²) in [6.07, 6.45) is 2.70. The van der Waals surface area contributed by atoms with Gasteiger partial charge in [0.2, 0.25) is 5.91 Å². The Labute approximate surface area is 195 Å². The molecule has 7 nitrogen and oxygen atoms in total. The molecule has 0 radical (unpaired) electrons. The predicted octanol–water partition coefficient (Wildman–Crippen LogP) is 2.81. The van der Waals surface area contributed by atoms with Gasteiger partial charge in [-0.25, -0.2) is 4.98 Å². The van der Waals surface area contributed by atoms with Crippen LogP contribution in [-0.2, 0) is 11.3 Å². The van der Waals surface area contributed by atoms with Crippen molar-refractivity contribution >= 4 is 22.5 Å². The van der Waals surface area contributed by atoms with Crippen molar-refractivity contribution in [2.45, 2.75) is 39.3 Å². The minimum Gasteiger partial charge on any atom is -0.369 e. The Morgan fingerprint density at radius 3 is 2.64 bits per heavy atom. The second-order valence-electron chi connectivity index (χ2n) is 8.94. The number of aromatic nitrogens is 2. The van der Waals surface area contributed by atoms with Crippen molar-refractivity contribution in [2.75, 3.05) is 37.6 Å². The first-order chi connectivity index (χ1) is 16.0. The highest BCUT2D eigenvalue weighted by atomic mass is 16.2. The molecule has 1 unspecified atom stereocenters. The Morgan fingerprint density at radius 1 is 1.06 bits per heavy atom. The van der Waals surface area contributed by atoms with E-state index >= 15 is 0 Å². The van der Waals surface area contributed by atoms with Crippen molar-refractivity contribution in [3.05, 3.63) is 70.8 Å². The number of piperazine rings is 1. The zero-order chi connectivity index (χ0) is 23.2. The number of amides is 1. The van der Waals surface area contributed by atoms with Gasteiger partial charge in [-0.2, -0.15) is 0 Å². The van der Waals surface area contributed by atoms with Crippen LogP contribution in [0.4, 0.5) is 5.69 Å². The van der Waals surface area contributed by atoms with Crippen molar-refractivity contribution in [3.63, 3.8) is 0 Å². The normalized spacial score (nSPS) is 15.5. The molecule has 2 heterocycles. The maximum Gasteiger partial charge on any atom is 0.261 e. The standard InChI is InChI=1S/C26H33N5O2/c1-20-6-5-7-22(18-20)30-16-14-29(15-17-30)12-10-21(2)28-25(32)11-13-31-19-27-24-9-4-3-8-23(24)26(31)33/h3-9,18-19,21H,10-17H2,1-2H3,(H,28,32). The number of carbonyl (C=O) groups is 1. The highest BCUT2D eigenvalue weighted by Crippen LogP contribution is 2.18. The SMILES string of the molecule is Cc1cccc(N2CCN(CCC(C)NC(=O)CCn3cnc4ccccc4c3=O)CC2)c1. The molecule has 1 fully saturated rings. The fourth-order valence-corrected chi connectivity index (χ4v) is 4.34. The molecule has 1 N–H and O–H groups in total. The minimum atomic E-state index is -0.105. The van der Waals surface area contributed by atoms with Gasteiger partial charge >= 0.3 is 0 Å². The van der Waals surface area contributed by atoms with Gasteiger partial charge in [-0.1, -0.05) is 24.3 Å². The molecular formula is C26H33N5O2. The summed E-state index contributed by atoms with van der Waals surface area (Å²) in [7, 11) is 0. The third-order valence-electron chi connectivity index (χ3n) is 6.34. The molecule has 1 saturated heterocycles. The lowest BCUT2D eigenvalue weighted by Crippen LogP contribution is -2.47. The molecule has 0 saturated carbocycles. The van der Waals surface area contributed by atoms with Crippen LogP contribution in [0.3, 0.4) is 0 Å². The van der Waals surface area contributed by atoms with Gasteiger partial charge < -0.3 is 10.2 Å². The molecule has 4 rings (SSSR count). The number of nitrogens with zero attached hydrogens (tertiary/aromatic N) is 4. The Kier molecular flexibility index (Phi) is 7.40. The average molecular weight is 448 g/mol. The number of anilines is 1. The number of para-hydroxylation sites is 1. The Balaban J connectivity index is 1.18. The van der Waals surface area contributed by atoms with E-state index in [1.54, 1.807) is 6.07 Å². The zero-order valence-electron chi connectivity index (χ0n) is 19.5. The number of nitrogens with one attached hydrogen (secondary N) is 1. The number of carbonyl (C=O) groups excluding carboxylic acids is 1. The maximum atomic E-state index is 12.6. The number of aryl methyl sites for hydroxylation is 2. The van der Waals surface area contributed by atoms with Crippen molar-refractivity contribution in [1.29, 1.82) is 0 Å². The van der Waals surface area contributed by atoms with Crippen LogP contribution in [0.2, 0.25) is 0 Å². The largest absolute Gasteiger partial charge is 0.369 e. The van der Waals surface area contributed by atoms with E-state index in [1.807, 2.05) is 25.1 Å². The van der Waals surface area contributed by atoms with Crippen molar-refractivity contribution in [3.8, 4) is 0 Å². The molecule has 1 amide bonds. The van der Waals surface area contributed by atoms with Crippen LogP contribution in [0, 0.1) is 6.92 Å². The average Bonchev–Trinajstić information content (AvgIpc) is 2.83. The van der Waals surface area contributed by atoms with E-state index < -0.39 is 0 Å². The third-order valence-corrected chi connectivity index (χ3v) is 6.34. The van der Waals surface area contributed by atoms with Gasteiger partial charge in [-0.15, -0.1) is 0 Å². The maximum absolute atomic E-state index is 12.6. The summed E-state index contributed by atoms with van der Waals surface area (Å²) in [5.74, 6) is -0.0353. The number of hydrogen-bond donors (Lipinski definition) is 1. The molecule has 7 heteroatoms. The minimum absolute atomic E-state index is 0.0353. The van der Waals surface area contributed by atoms with Gasteiger partial charge in [0.25, 0.3) is 5.56 Å². The van der Waals surface area contributed by atoms with Crippen LogP contribution < -0.4 is 15.8 Å². The van der Waals surface area contributed by atoms with Crippen LogP contribution in [0.25, 0.3) is 10.9 Å². The monoisotopic (exact) mass is 447 g/mol. The van der Waals surface area contributed by atoms with Gasteiger partial charge in [-0.05, 0) is 50.1 Å². The molecule has 174 valence electrons. The molecule has 1 atom stereocenters.